The van der Waals surface area contributed by atoms with E-state index >= 15 is 0 Å². The van der Waals surface area contributed by atoms with Crippen molar-refractivity contribution in [2.45, 2.75) is 39.2 Å². The number of aromatic nitrogens is 2. The summed E-state index contributed by atoms with van der Waals surface area (Å²) in [6, 6.07) is 9.18. The van der Waals surface area contributed by atoms with Crippen LogP contribution in [0.15, 0.2) is 30.3 Å². The smallest absolute Gasteiger partial charge is 0.254 e. The van der Waals surface area contributed by atoms with Crippen molar-refractivity contribution < 1.29 is 9.59 Å². The van der Waals surface area contributed by atoms with Crippen LogP contribution in [0.5, 0.6) is 0 Å². The lowest BCUT2D eigenvalue weighted by molar-refractivity contribution is -0.119. The van der Waals surface area contributed by atoms with E-state index in [0.717, 1.165) is 23.6 Å². The number of hydrogen-bond donors (Lipinski definition) is 0. The molecular weight excluding hydrogens is 340 g/mol. The van der Waals surface area contributed by atoms with Crippen LogP contribution in [0.1, 0.15) is 46.7 Å². The van der Waals surface area contributed by atoms with E-state index < -0.39 is 0 Å². The maximum atomic E-state index is 12.6. The predicted octanol–water partition coefficient (Wildman–Crippen LogP) is 2.75. The van der Waals surface area contributed by atoms with E-state index in [1.807, 2.05) is 30.0 Å². The number of rotatable bonds is 5. The van der Waals surface area contributed by atoms with Crippen molar-refractivity contribution in [2.75, 3.05) is 18.5 Å². The summed E-state index contributed by atoms with van der Waals surface area (Å²) in [5.74, 6) is 2.00. The van der Waals surface area contributed by atoms with Crippen molar-refractivity contribution in [1.29, 1.82) is 0 Å². The minimum absolute atomic E-state index is 0.0690. The third-order valence-electron chi connectivity index (χ3n) is 5.27. The molecule has 0 unspecified atom stereocenters. The van der Waals surface area contributed by atoms with Gasteiger partial charge in [-0.2, -0.15) is 0 Å². The molecule has 1 aromatic carbocycles. The molecule has 0 bridgehead atoms. The van der Waals surface area contributed by atoms with Crippen molar-refractivity contribution in [2.24, 2.45) is 5.92 Å². The molecule has 4 rings (SSSR count). The quantitative estimate of drug-likeness (QED) is 0.818. The first kappa shape index (κ1) is 17.6. The second-order valence-corrected chi connectivity index (χ2v) is 7.50. The monoisotopic (exact) mass is 364 g/mol. The highest BCUT2D eigenvalue weighted by Crippen LogP contribution is 2.35. The summed E-state index contributed by atoms with van der Waals surface area (Å²) in [5, 5.41) is 0. The Kier molecular flexibility index (Phi) is 4.64. The fourth-order valence-electron chi connectivity index (χ4n) is 3.54. The van der Waals surface area contributed by atoms with Crippen LogP contribution in [0.25, 0.3) is 0 Å². The highest BCUT2D eigenvalue weighted by atomic mass is 16.2. The summed E-state index contributed by atoms with van der Waals surface area (Å²) in [6.45, 7) is 3.03. The Balaban J connectivity index is 1.58. The Morgan fingerprint density at radius 3 is 2.63 bits per heavy atom. The number of fused-ring (bicyclic) bond motifs is 1. The summed E-state index contributed by atoms with van der Waals surface area (Å²) in [4.78, 5) is 37.8. The van der Waals surface area contributed by atoms with Crippen LogP contribution in [-0.4, -0.2) is 40.3 Å². The van der Waals surface area contributed by atoms with Crippen molar-refractivity contribution in [3.05, 3.63) is 53.0 Å². The molecule has 1 saturated carbocycles. The Morgan fingerprint density at radius 1 is 1.19 bits per heavy atom. The normalized spacial score (nSPS) is 16.2. The minimum atomic E-state index is -0.0690. The standard InChI is InChI=1S/C21H24N4O2/c1-14-17-10-11-19(26)25(12-15-8-9-15)20(17)23-18(22-14)13-24(2)21(27)16-6-4-3-5-7-16/h3-7,15H,8-13H2,1-2H3. The van der Waals surface area contributed by atoms with Crippen molar-refractivity contribution in [3.8, 4) is 0 Å². The first-order valence-corrected chi connectivity index (χ1v) is 9.50. The van der Waals surface area contributed by atoms with Crippen LogP contribution in [0.2, 0.25) is 0 Å². The molecule has 0 atom stereocenters. The lowest BCUT2D eigenvalue weighted by Crippen LogP contribution is -2.38. The number of carbonyl (C=O) groups is 2. The largest absolute Gasteiger partial charge is 0.334 e. The Morgan fingerprint density at radius 2 is 1.93 bits per heavy atom. The zero-order valence-corrected chi connectivity index (χ0v) is 15.8. The minimum Gasteiger partial charge on any atom is -0.334 e. The Labute approximate surface area is 159 Å². The van der Waals surface area contributed by atoms with Crippen LogP contribution in [0, 0.1) is 12.8 Å². The highest BCUT2D eigenvalue weighted by Gasteiger charge is 2.33. The summed E-state index contributed by atoms with van der Waals surface area (Å²) in [6.07, 6.45) is 3.59. The predicted molar refractivity (Wildman–Crippen MR) is 102 cm³/mol. The zero-order chi connectivity index (χ0) is 19.0. The molecule has 6 heteroatoms. The number of amides is 2. The summed E-state index contributed by atoms with van der Waals surface area (Å²) >= 11 is 0. The van der Waals surface area contributed by atoms with Gasteiger partial charge in [-0.25, -0.2) is 9.97 Å². The molecule has 0 radical (unpaired) electrons. The molecule has 27 heavy (non-hydrogen) atoms. The topological polar surface area (TPSA) is 66.4 Å². The van der Waals surface area contributed by atoms with Gasteiger partial charge in [0.2, 0.25) is 5.91 Å². The van der Waals surface area contributed by atoms with Gasteiger partial charge in [-0.1, -0.05) is 18.2 Å². The number of aryl methyl sites for hydroxylation is 1. The number of carbonyl (C=O) groups excluding carboxylic acids is 2. The van der Waals surface area contributed by atoms with Gasteiger partial charge in [0, 0.05) is 36.8 Å². The van der Waals surface area contributed by atoms with Crippen LogP contribution < -0.4 is 4.90 Å². The molecule has 140 valence electrons. The fraction of sp³-hybridized carbons (Fsp3) is 0.429. The van der Waals surface area contributed by atoms with Gasteiger partial charge in [0.1, 0.15) is 11.6 Å². The van der Waals surface area contributed by atoms with Gasteiger partial charge in [-0.05, 0) is 44.2 Å². The number of hydrogen-bond acceptors (Lipinski definition) is 4. The second kappa shape index (κ2) is 7.10. The van der Waals surface area contributed by atoms with Crippen LogP contribution in [-0.2, 0) is 17.8 Å². The van der Waals surface area contributed by atoms with Gasteiger partial charge in [-0.15, -0.1) is 0 Å². The van der Waals surface area contributed by atoms with E-state index in [-0.39, 0.29) is 11.8 Å². The second-order valence-electron chi connectivity index (χ2n) is 7.50. The number of anilines is 1. The van der Waals surface area contributed by atoms with Crippen LogP contribution in [0.3, 0.4) is 0 Å². The van der Waals surface area contributed by atoms with E-state index in [9.17, 15) is 9.59 Å². The molecule has 2 amide bonds. The fourth-order valence-corrected chi connectivity index (χ4v) is 3.54. The SMILES string of the molecule is Cc1nc(CN(C)C(=O)c2ccccc2)nc2c1CCC(=O)N2CC1CC1. The van der Waals surface area contributed by atoms with Crippen molar-refractivity contribution >= 4 is 17.6 Å². The average Bonchev–Trinajstić information content (AvgIpc) is 3.48. The molecule has 2 aromatic rings. The van der Waals surface area contributed by atoms with E-state index in [0.29, 0.717) is 36.7 Å². The molecule has 0 N–H and O–H groups in total. The molecule has 1 aliphatic heterocycles. The van der Waals surface area contributed by atoms with Crippen molar-refractivity contribution in [3.63, 3.8) is 0 Å². The molecule has 1 aromatic heterocycles. The Hall–Kier alpha value is -2.76. The van der Waals surface area contributed by atoms with Gasteiger partial charge in [0.15, 0.2) is 0 Å². The van der Waals surface area contributed by atoms with E-state index in [1.54, 1.807) is 24.1 Å². The Bertz CT molecular complexity index is 877. The molecule has 0 saturated heterocycles. The molecule has 6 nitrogen and oxygen atoms in total. The van der Waals surface area contributed by atoms with Crippen LogP contribution >= 0.6 is 0 Å². The van der Waals surface area contributed by atoms with E-state index in [2.05, 4.69) is 4.98 Å². The summed E-state index contributed by atoms with van der Waals surface area (Å²) in [7, 11) is 1.75. The molecule has 2 aliphatic rings. The van der Waals surface area contributed by atoms with Crippen LogP contribution in [0.4, 0.5) is 5.82 Å². The molecule has 1 aliphatic carbocycles. The highest BCUT2D eigenvalue weighted by molar-refractivity contribution is 5.95. The zero-order valence-electron chi connectivity index (χ0n) is 15.8. The third kappa shape index (κ3) is 3.70. The summed E-state index contributed by atoms with van der Waals surface area (Å²) in [5.41, 5.74) is 2.61. The summed E-state index contributed by atoms with van der Waals surface area (Å²) < 4.78 is 0. The average molecular weight is 364 g/mol. The van der Waals surface area contributed by atoms with Gasteiger partial charge in [0.05, 0.1) is 6.54 Å². The molecule has 1 fully saturated rings. The lowest BCUT2D eigenvalue weighted by atomic mass is 10.0. The van der Waals surface area contributed by atoms with E-state index in [4.69, 9.17) is 4.98 Å². The third-order valence-corrected chi connectivity index (χ3v) is 5.27. The van der Waals surface area contributed by atoms with Gasteiger partial charge in [-0.3, -0.25) is 14.5 Å². The van der Waals surface area contributed by atoms with Crippen molar-refractivity contribution in [1.82, 2.24) is 14.9 Å². The molecule has 0 spiro atoms. The maximum absolute atomic E-state index is 12.6. The van der Waals surface area contributed by atoms with Gasteiger partial charge in [0.25, 0.3) is 5.91 Å². The number of benzene rings is 1. The van der Waals surface area contributed by atoms with Gasteiger partial charge >= 0.3 is 0 Å². The number of nitrogens with zero attached hydrogens (tertiary/aromatic N) is 4. The molecular formula is C21H24N4O2. The molecule has 2 heterocycles. The first-order valence-electron chi connectivity index (χ1n) is 9.50. The van der Waals surface area contributed by atoms with E-state index in [1.165, 1.54) is 12.8 Å². The lowest BCUT2D eigenvalue weighted by Gasteiger charge is -2.29. The van der Waals surface area contributed by atoms with Gasteiger partial charge < -0.3 is 4.90 Å². The maximum Gasteiger partial charge on any atom is 0.254 e. The first-order chi connectivity index (χ1) is 13.0.